The number of hydrogen-bond donors (Lipinski definition) is 2. The molecule has 0 amide bonds. The third-order valence-corrected chi connectivity index (χ3v) is 2.17. The van der Waals surface area contributed by atoms with Gasteiger partial charge in [-0.1, -0.05) is 0 Å². The third-order valence-electron chi connectivity index (χ3n) is 2.17. The molecule has 1 aliphatic heterocycles. The van der Waals surface area contributed by atoms with Crippen LogP contribution in [-0.2, 0) is 19.1 Å². The Labute approximate surface area is 83.2 Å². The van der Waals surface area contributed by atoms with Crippen molar-refractivity contribution in [2.24, 2.45) is 0 Å². The summed E-state index contributed by atoms with van der Waals surface area (Å²) in [5, 5.41) is 12.2. The van der Waals surface area contributed by atoms with Gasteiger partial charge in [0, 0.05) is 12.1 Å². The molecule has 0 spiro atoms. The number of alkyl halides is 3. The highest BCUT2D eigenvalue weighted by Gasteiger charge is 2.36. The Hall–Kier alpha value is -1.37. The average Bonchev–Trinajstić information content (AvgIpc) is 2.16. The van der Waals surface area contributed by atoms with Crippen LogP contribution in [0, 0.1) is 0 Å². The van der Waals surface area contributed by atoms with Crippen molar-refractivity contribution in [2.45, 2.75) is 19.1 Å². The van der Waals surface area contributed by atoms with Gasteiger partial charge in [-0.25, -0.2) is 4.98 Å². The minimum atomic E-state index is -4.62. The zero-order chi connectivity index (χ0) is 11.1. The van der Waals surface area contributed by atoms with Crippen LogP contribution in [0.4, 0.5) is 13.2 Å². The van der Waals surface area contributed by atoms with E-state index in [4.69, 9.17) is 0 Å². The molecule has 0 unspecified atom stereocenters. The summed E-state index contributed by atoms with van der Waals surface area (Å²) < 4.78 is 36.8. The summed E-state index contributed by atoms with van der Waals surface area (Å²) in [7, 11) is 0. The molecule has 0 atom stereocenters. The van der Waals surface area contributed by atoms with Gasteiger partial charge in [-0.15, -0.1) is 0 Å². The third kappa shape index (κ3) is 1.87. The second kappa shape index (κ2) is 3.34. The standard InChI is InChI=1S/C8H8F3N3O/c9-8(10,11)7-13-5-3-12-2-1-4(5)6(15)14-7/h12H,1-3H2,(H,13,14,15). The Kier molecular flexibility index (Phi) is 2.26. The second-order valence-electron chi connectivity index (χ2n) is 3.22. The number of aromatic nitrogens is 2. The topological polar surface area (TPSA) is 58.0 Å². The minimum absolute atomic E-state index is 0.223. The van der Waals surface area contributed by atoms with Crippen molar-refractivity contribution in [1.82, 2.24) is 15.3 Å². The summed E-state index contributed by atoms with van der Waals surface area (Å²) in [5.74, 6) is -1.85. The molecule has 0 saturated carbocycles. The minimum Gasteiger partial charge on any atom is -0.493 e. The molecule has 0 radical (unpaired) electrons. The van der Waals surface area contributed by atoms with E-state index in [2.05, 4.69) is 15.3 Å². The maximum atomic E-state index is 12.3. The van der Waals surface area contributed by atoms with Crippen molar-refractivity contribution in [2.75, 3.05) is 6.54 Å². The van der Waals surface area contributed by atoms with Gasteiger partial charge < -0.3 is 10.4 Å². The van der Waals surface area contributed by atoms with E-state index in [0.29, 0.717) is 18.5 Å². The van der Waals surface area contributed by atoms with E-state index in [-0.39, 0.29) is 12.2 Å². The number of aromatic hydroxyl groups is 1. The molecule has 1 aromatic heterocycles. The van der Waals surface area contributed by atoms with Gasteiger partial charge in [0.25, 0.3) is 0 Å². The highest BCUT2D eigenvalue weighted by molar-refractivity contribution is 5.32. The van der Waals surface area contributed by atoms with Crippen molar-refractivity contribution in [3.63, 3.8) is 0 Å². The van der Waals surface area contributed by atoms with Crippen molar-refractivity contribution in [3.05, 3.63) is 17.1 Å². The van der Waals surface area contributed by atoms with Crippen LogP contribution in [0.15, 0.2) is 0 Å². The molecule has 0 aliphatic carbocycles. The van der Waals surface area contributed by atoms with Gasteiger partial charge in [0.05, 0.1) is 5.69 Å². The molecule has 2 N–H and O–H groups in total. The Morgan fingerprint density at radius 3 is 2.67 bits per heavy atom. The maximum Gasteiger partial charge on any atom is 0.451 e. The fourth-order valence-electron chi connectivity index (χ4n) is 1.47. The van der Waals surface area contributed by atoms with Crippen LogP contribution in [0.1, 0.15) is 17.1 Å². The Morgan fingerprint density at radius 1 is 1.27 bits per heavy atom. The highest BCUT2D eigenvalue weighted by Crippen LogP contribution is 2.30. The largest absolute Gasteiger partial charge is 0.493 e. The van der Waals surface area contributed by atoms with E-state index in [1.54, 1.807) is 0 Å². The lowest BCUT2D eigenvalue weighted by molar-refractivity contribution is -0.145. The van der Waals surface area contributed by atoms with Crippen molar-refractivity contribution >= 4 is 0 Å². The van der Waals surface area contributed by atoms with Gasteiger partial charge in [0.1, 0.15) is 0 Å². The summed E-state index contributed by atoms with van der Waals surface area (Å²) in [6.45, 7) is 0.837. The van der Waals surface area contributed by atoms with E-state index in [0.717, 1.165) is 0 Å². The smallest absolute Gasteiger partial charge is 0.451 e. The lowest BCUT2D eigenvalue weighted by Crippen LogP contribution is -2.26. The van der Waals surface area contributed by atoms with Crippen LogP contribution in [0.5, 0.6) is 5.88 Å². The summed E-state index contributed by atoms with van der Waals surface area (Å²) in [5.41, 5.74) is 0.628. The first-order valence-electron chi connectivity index (χ1n) is 4.35. The summed E-state index contributed by atoms with van der Waals surface area (Å²) in [6.07, 6.45) is -4.18. The number of fused-ring (bicyclic) bond motifs is 1. The average molecular weight is 219 g/mol. The first-order valence-corrected chi connectivity index (χ1v) is 4.35. The van der Waals surface area contributed by atoms with Crippen LogP contribution >= 0.6 is 0 Å². The number of nitrogens with zero attached hydrogens (tertiary/aromatic N) is 2. The van der Waals surface area contributed by atoms with Gasteiger partial charge in [-0.05, 0) is 13.0 Å². The molecular formula is C8H8F3N3O. The molecule has 82 valence electrons. The molecule has 15 heavy (non-hydrogen) atoms. The summed E-state index contributed by atoms with van der Waals surface area (Å²) in [6, 6.07) is 0. The van der Waals surface area contributed by atoms with Gasteiger partial charge in [-0.3, -0.25) is 0 Å². The van der Waals surface area contributed by atoms with Crippen molar-refractivity contribution in [1.29, 1.82) is 0 Å². The summed E-state index contributed by atoms with van der Waals surface area (Å²) >= 11 is 0. The van der Waals surface area contributed by atoms with E-state index < -0.39 is 17.9 Å². The zero-order valence-corrected chi connectivity index (χ0v) is 7.60. The lowest BCUT2D eigenvalue weighted by atomic mass is 10.1. The molecule has 1 aliphatic rings. The van der Waals surface area contributed by atoms with Gasteiger partial charge in [0.15, 0.2) is 0 Å². The maximum absolute atomic E-state index is 12.3. The number of hydrogen-bond acceptors (Lipinski definition) is 4. The van der Waals surface area contributed by atoms with Crippen molar-refractivity contribution in [3.8, 4) is 5.88 Å². The molecule has 4 nitrogen and oxygen atoms in total. The molecule has 0 bridgehead atoms. The lowest BCUT2D eigenvalue weighted by Gasteiger charge is -2.17. The van der Waals surface area contributed by atoms with E-state index >= 15 is 0 Å². The van der Waals surface area contributed by atoms with E-state index in [1.807, 2.05) is 0 Å². The first kappa shape index (κ1) is 10.2. The van der Waals surface area contributed by atoms with E-state index in [1.165, 1.54) is 0 Å². The number of rotatable bonds is 0. The SMILES string of the molecule is Oc1nc(C(F)(F)F)nc2c1CCNC2. The Morgan fingerprint density at radius 2 is 2.00 bits per heavy atom. The monoisotopic (exact) mass is 219 g/mol. The highest BCUT2D eigenvalue weighted by atomic mass is 19.4. The van der Waals surface area contributed by atoms with Gasteiger partial charge in [-0.2, -0.15) is 18.2 Å². The van der Waals surface area contributed by atoms with Crippen LogP contribution in [0.2, 0.25) is 0 Å². The fraction of sp³-hybridized carbons (Fsp3) is 0.500. The molecule has 0 saturated heterocycles. The predicted octanol–water partition coefficient (Wildman–Crippen LogP) is 0.847. The van der Waals surface area contributed by atoms with Crippen LogP contribution in [0.25, 0.3) is 0 Å². The number of halogens is 3. The summed E-state index contributed by atoms with van der Waals surface area (Å²) in [4.78, 5) is 6.44. The molecule has 0 aromatic carbocycles. The quantitative estimate of drug-likeness (QED) is 0.679. The fourth-order valence-corrected chi connectivity index (χ4v) is 1.47. The van der Waals surface area contributed by atoms with Crippen molar-refractivity contribution < 1.29 is 18.3 Å². The van der Waals surface area contributed by atoms with Gasteiger partial charge >= 0.3 is 6.18 Å². The normalized spacial score (nSPS) is 16.2. The molecule has 2 heterocycles. The molecule has 2 rings (SSSR count). The predicted molar refractivity (Wildman–Crippen MR) is 44.1 cm³/mol. The van der Waals surface area contributed by atoms with Crippen LogP contribution < -0.4 is 5.32 Å². The zero-order valence-electron chi connectivity index (χ0n) is 7.60. The molecule has 1 aromatic rings. The van der Waals surface area contributed by atoms with E-state index in [9.17, 15) is 18.3 Å². The Bertz CT molecular complexity index is 391. The molecular weight excluding hydrogens is 211 g/mol. The van der Waals surface area contributed by atoms with Crippen LogP contribution in [-0.4, -0.2) is 21.6 Å². The second-order valence-corrected chi connectivity index (χ2v) is 3.22. The van der Waals surface area contributed by atoms with Crippen LogP contribution in [0.3, 0.4) is 0 Å². The molecule has 7 heteroatoms. The first-order chi connectivity index (χ1) is 6.98. The Balaban J connectivity index is 2.50. The van der Waals surface area contributed by atoms with Gasteiger partial charge in [0.2, 0.25) is 11.7 Å². The molecule has 0 fully saturated rings. The number of nitrogens with one attached hydrogen (secondary N) is 1.